The predicted octanol–water partition coefficient (Wildman–Crippen LogP) is 8.20. The highest BCUT2D eigenvalue weighted by Crippen LogP contribution is 2.42. The number of anilines is 3. The summed E-state index contributed by atoms with van der Waals surface area (Å²) < 4.78 is 59.6. The Hall–Kier alpha value is -3.44. The number of hydrogen-bond acceptors (Lipinski definition) is 7. The van der Waals surface area contributed by atoms with E-state index in [4.69, 9.17) is 0 Å². The smallest absolute Gasteiger partial charge is 0.405 e. The van der Waals surface area contributed by atoms with Crippen molar-refractivity contribution in [3.63, 3.8) is 0 Å². The van der Waals surface area contributed by atoms with E-state index >= 15 is 0 Å². The fourth-order valence-corrected chi connectivity index (χ4v) is 6.54. The molecule has 2 aromatic heterocycles. The number of nitrogens with one attached hydrogen (secondary N) is 2. The highest BCUT2D eigenvalue weighted by atomic mass is 32.1. The first-order valence-electron chi connectivity index (χ1n) is 12.9. The number of hydrogen-bond donors (Lipinski definition) is 2. The van der Waals surface area contributed by atoms with E-state index in [2.05, 4.69) is 65.0 Å². The van der Waals surface area contributed by atoms with Crippen LogP contribution in [0.5, 0.6) is 5.75 Å². The average Bonchev–Trinajstić information content (AvgIpc) is 3.28. The molecule has 0 bridgehead atoms. The van der Waals surface area contributed by atoms with Gasteiger partial charge in [0.25, 0.3) is 0 Å². The van der Waals surface area contributed by atoms with Crippen LogP contribution in [0.4, 0.5) is 35.0 Å². The van der Waals surface area contributed by atoms with E-state index in [1.807, 2.05) is 30.3 Å². The second-order valence-corrected chi connectivity index (χ2v) is 12.4. The van der Waals surface area contributed by atoms with E-state index in [9.17, 15) is 17.6 Å². The fraction of sp³-hybridized carbons (Fsp3) is 0.379. The van der Waals surface area contributed by atoms with Crippen molar-refractivity contribution in [2.75, 3.05) is 17.7 Å². The molecule has 0 saturated carbocycles. The molecule has 0 atom stereocenters. The van der Waals surface area contributed by atoms with E-state index in [0.717, 1.165) is 29.1 Å². The van der Waals surface area contributed by atoms with Gasteiger partial charge in [0.05, 0.1) is 6.20 Å². The van der Waals surface area contributed by atoms with Crippen LogP contribution in [0.2, 0.25) is 0 Å². The van der Waals surface area contributed by atoms with Crippen LogP contribution in [0.3, 0.4) is 0 Å². The topological polar surface area (TPSA) is 62.3 Å². The number of benzene rings is 2. The zero-order chi connectivity index (χ0) is 28.9. The highest BCUT2D eigenvalue weighted by molar-refractivity contribution is 7.22. The molecule has 11 heteroatoms. The molecule has 1 fully saturated rings. The predicted molar refractivity (Wildman–Crippen MR) is 152 cm³/mol. The molecule has 212 valence electrons. The van der Waals surface area contributed by atoms with E-state index in [0.29, 0.717) is 10.6 Å². The number of alkyl halides is 3. The van der Waals surface area contributed by atoms with Crippen molar-refractivity contribution in [3.05, 3.63) is 60.5 Å². The van der Waals surface area contributed by atoms with Gasteiger partial charge in [-0.25, -0.2) is 9.37 Å². The lowest BCUT2D eigenvalue weighted by Crippen LogP contribution is -2.61. The summed E-state index contributed by atoms with van der Waals surface area (Å²) in [6.45, 7) is 8.64. The number of ether oxygens (including phenoxy) is 1. The maximum atomic E-state index is 14.8. The standard InChI is InChI=1S/C29H31F4N5OS/c1-27(2)14-19(15-28(3,4)38(27)5)35-25-21(30)16-34-26(37-25)36-18-10-11-22(39-29(31,32)33)20(13-18)24-12-17-8-6-7-9-23(17)40-24/h6-13,16,19H,14-15H2,1-5H3,(H2,34,35,36,37). The molecule has 2 N–H and O–H groups in total. The summed E-state index contributed by atoms with van der Waals surface area (Å²) in [5.74, 6) is -0.720. The Kier molecular flexibility index (Phi) is 7.16. The molecule has 3 heterocycles. The number of nitrogens with zero attached hydrogens (tertiary/aromatic N) is 3. The van der Waals surface area contributed by atoms with Crippen LogP contribution in [-0.4, -0.2) is 45.4 Å². The summed E-state index contributed by atoms with van der Waals surface area (Å²) in [6.07, 6.45) is -2.19. The maximum Gasteiger partial charge on any atom is 0.573 e. The Morgan fingerprint density at radius 2 is 1.73 bits per heavy atom. The van der Waals surface area contributed by atoms with Crippen molar-refractivity contribution in [1.29, 1.82) is 0 Å². The Balaban J connectivity index is 1.43. The van der Waals surface area contributed by atoms with E-state index < -0.39 is 12.2 Å². The first-order valence-corrected chi connectivity index (χ1v) is 13.7. The van der Waals surface area contributed by atoms with Crippen LogP contribution in [0.25, 0.3) is 20.5 Å². The molecule has 4 aromatic rings. The van der Waals surface area contributed by atoms with Gasteiger partial charge in [-0.05, 0) is 83.3 Å². The van der Waals surface area contributed by atoms with Gasteiger partial charge in [-0.15, -0.1) is 24.5 Å². The summed E-state index contributed by atoms with van der Waals surface area (Å²) in [7, 11) is 2.10. The third-order valence-corrected chi connectivity index (χ3v) is 8.69. The van der Waals surface area contributed by atoms with Gasteiger partial charge in [0.15, 0.2) is 11.6 Å². The first kappa shape index (κ1) is 28.1. The van der Waals surface area contributed by atoms with Gasteiger partial charge in [0, 0.05) is 37.9 Å². The number of piperidine rings is 1. The minimum absolute atomic E-state index is 0.0168. The Bertz CT molecular complexity index is 1480. The van der Waals surface area contributed by atoms with Crippen molar-refractivity contribution < 1.29 is 22.3 Å². The summed E-state index contributed by atoms with van der Waals surface area (Å²) >= 11 is 1.36. The molecule has 0 aliphatic carbocycles. The summed E-state index contributed by atoms with van der Waals surface area (Å²) in [6, 6.07) is 13.6. The lowest BCUT2D eigenvalue weighted by atomic mass is 9.77. The third kappa shape index (κ3) is 6.00. The lowest BCUT2D eigenvalue weighted by Gasteiger charge is -2.53. The summed E-state index contributed by atoms with van der Waals surface area (Å²) in [4.78, 5) is 11.4. The van der Waals surface area contributed by atoms with Crippen molar-refractivity contribution >= 4 is 38.9 Å². The zero-order valence-electron chi connectivity index (χ0n) is 22.9. The Morgan fingerprint density at radius 1 is 1.02 bits per heavy atom. The van der Waals surface area contributed by atoms with Gasteiger partial charge in [-0.3, -0.25) is 4.90 Å². The van der Waals surface area contributed by atoms with Crippen molar-refractivity contribution in [3.8, 4) is 16.2 Å². The van der Waals surface area contributed by atoms with Crippen LogP contribution in [0, 0.1) is 5.82 Å². The largest absolute Gasteiger partial charge is 0.573 e. The van der Waals surface area contributed by atoms with Gasteiger partial charge in [0.2, 0.25) is 5.95 Å². The number of fused-ring (bicyclic) bond motifs is 1. The number of rotatable bonds is 6. The van der Waals surface area contributed by atoms with E-state index in [-0.39, 0.29) is 40.2 Å². The molecular weight excluding hydrogens is 542 g/mol. The van der Waals surface area contributed by atoms with Crippen LogP contribution < -0.4 is 15.4 Å². The lowest BCUT2D eigenvalue weighted by molar-refractivity contribution is -0.274. The second kappa shape index (κ2) is 10.2. The fourth-order valence-electron chi connectivity index (χ4n) is 5.45. The SMILES string of the molecule is CN1C(C)(C)CC(Nc2nc(Nc3ccc(OC(F)(F)F)c(-c4cc5ccccc5s4)c3)ncc2F)CC1(C)C. The van der Waals surface area contributed by atoms with Gasteiger partial charge < -0.3 is 15.4 Å². The molecule has 0 unspecified atom stereocenters. The molecule has 0 amide bonds. The van der Waals surface area contributed by atoms with Crippen LogP contribution in [-0.2, 0) is 0 Å². The van der Waals surface area contributed by atoms with Gasteiger partial charge in [-0.1, -0.05) is 18.2 Å². The van der Waals surface area contributed by atoms with E-state index in [1.165, 1.54) is 23.5 Å². The molecule has 5 rings (SSSR count). The summed E-state index contributed by atoms with van der Waals surface area (Å²) in [5.41, 5.74) is 0.487. The molecule has 1 aliphatic heterocycles. The second-order valence-electron chi connectivity index (χ2n) is 11.4. The molecule has 40 heavy (non-hydrogen) atoms. The van der Waals surface area contributed by atoms with Crippen LogP contribution in [0.1, 0.15) is 40.5 Å². The van der Waals surface area contributed by atoms with Crippen molar-refractivity contribution in [2.45, 2.75) is 64.0 Å². The van der Waals surface area contributed by atoms with Crippen molar-refractivity contribution in [2.24, 2.45) is 0 Å². The number of thiophene rings is 1. The van der Waals surface area contributed by atoms with Crippen LogP contribution in [0.15, 0.2) is 54.7 Å². The molecule has 0 radical (unpaired) electrons. The zero-order valence-corrected chi connectivity index (χ0v) is 23.7. The molecule has 2 aromatic carbocycles. The molecule has 6 nitrogen and oxygen atoms in total. The number of likely N-dealkylation sites (tertiary alicyclic amines) is 1. The molecule has 1 aliphatic rings. The Labute approximate surface area is 234 Å². The molecular formula is C29H31F4N5OS. The monoisotopic (exact) mass is 573 g/mol. The average molecular weight is 574 g/mol. The third-order valence-electron chi connectivity index (χ3n) is 7.55. The first-order chi connectivity index (χ1) is 18.7. The molecule has 1 saturated heterocycles. The van der Waals surface area contributed by atoms with Gasteiger partial charge in [-0.2, -0.15) is 4.98 Å². The minimum atomic E-state index is -4.85. The maximum absolute atomic E-state index is 14.8. The van der Waals surface area contributed by atoms with Gasteiger partial charge >= 0.3 is 6.36 Å². The highest BCUT2D eigenvalue weighted by Gasteiger charge is 2.43. The summed E-state index contributed by atoms with van der Waals surface area (Å²) in [5, 5.41) is 7.18. The van der Waals surface area contributed by atoms with E-state index in [1.54, 1.807) is 6.07 Å². The Morgan fingerprint density at radius 3 is 2.40 bits per heavy atom. The van der Waals surface area contributed by atoms with Gasteiger partial charge in [0.1, 0.15) is 5.75 Å². The van der Waals surface area contributed by atoms with Crippen LogP contribution >= 0.6 is 11.3 Å². The van der Waals surface area contributed by atoms with Crippen molar-refractivity contribution in [1.82, 2.24) is 14.9 Å². The normalized spacial score (nSPS) is 17.6. The molecule has 0 spiro atoms. The number of halogens is 4. The number of aromatic nitrogens is 2. The minimum Gasteiger partial charge on any atom is -0.405 e. The quantitative estimate of drug-likeness (QED) is 0.227.